The maximum absolute atomic E-state index is 13.6. The van der Waals surface area contributed by atoms with Crippen LogP contribution in [0.15, 0.2) is 69.7 Å². The molecular formula is C28H23Cl3N7O6S-. The van der Waals surface area contributed by atoms with Crippen molar-refractivity contribution < 1.29 is 53.4 Å². The Morgan fingerprint density at radius 2 is 1.69 bits per heavy atom. The third-order valence-corrected chi connectivity index (χ3v) is 7.27. The summed E-state index contributed by atoms with van der Waals surface area (Å²) < 4.78 is 0.244. The second kappa shape index (κ2) is 15.0. The van der Waals surface area contributed by atoms with E-state index in [0.717, 1.165) is 11.3 Å². The third-order valence-electron chi connectivity index (χ3n) is 6.00. The molecule has 45 heavy (non-hydrogen) atoms. The van der Waals surface area contributed by atoms with Gasteiger partial charge in [0.25, 0.3) is 17.5 Å². The first-order valence-corrected chi connectivity index (χ1v) is 13.7. The third kappa shape index (κ3) is 8.35. The number of aromatic nitrogens is 1. The number of ketones is 2. The van der Waals surface area contributed by atoms with Gasteiger partial charge in [-0.25, -0.2) is 10.4 Å². The summed E-state index contributed by atoms with van der Waals surface area (Å²) in [6, 6.07) is 13.5. The highest BCUT2D eigenvalue weighted by Gasteiger charge is 2.35. The van der Waals surface area contributed by atoms with Crippen LogP contribution in [-0.2, 0) is 9.59 Å². The molecule has 0 aliphatic heterocycles. The molecule has 0 saturated carbocycles. The topological polar surface area (TPSA) is 185 Å². The first-order valence-electron chi connectivity index (χ1n) is 12.5. The molecule has 1 heterocycles. The Morgan fingerprint density at radius 3 is 2.24 bits per heavy atom. The van der Waals surface area contributed by atoms with E-state index in [0.29, 0.717) is 10.6 Å². The van der Waals surface area contributed by atoms with Gasteiger partial charge < -0.3 is 34.6 Å². The number of likely N-dealkylation sites (N-methyl/N-ethyl adjacent to an activating group) is 1. The summed E-state index contributed by atoms with van der Waals surface area (Å²) in [6.45, 7) is -0.0165. The highest BCUT2D eigenvalue weighted by Crippen LogP contribution is 2.30. The fourth-order valence-electron chi connectivity index (χ4n) is 4.01. The van der Waals surface area contributed by atoms with Crippen molar-refractivity contribution in [1.82, 2.24) is 15.7 Å². The van der Waals surface area contributed by atoms with Crippen LogP contribution >= 0.6 is 22.9 Å². The van der Waals surface area contributed by atoms with E-state index in [1.165, 1.54) is 41.8 Å². The van der Waals surface area contributed by atoms with E-state index in [4.69, 9.17) is 11.6 Å². The number of amides is 2. The van der Waals surface area contributed by atoms with Crippen molar-refractivity contribution in [3.05, 3.63) is 91.6 Å². The summed E-state index contributed by atoms with van der Waals surface area (Å²) in [5.41, 5.74) is 1.87. The van der Waals surface area contributed by atoms with Crippen molar-refractivity contribution in [2.24, 2.45) is 5.10 Å². The van der Waals surface area contributed by atoms with E-state index in [9.17, 15) is 34.6 Å². The molecule has 0 bridgehead atoms. The van der Waals surface area contributed by atoms with Crippen LogP contribution in [-0.4, -0.2) is 71.2 Å². The lowest BCUT2D eigenvalue weighted by Crippen LogP contribution is -3.00. The van der Waals surface area contributed by atoms with Crippen LogP contribution in [0.3, 0.4) is 0 Å². The summed E-state index contributed by atoms with van der Waals surface area (Å²) in [7, 11) is 5.30. The van der Waals surface area contributed by atoms with Gasteiger partial charge in [-0.1, -0.05) is 35.9 Å². The second-order valence-corrected chi connectivity index (χ2v) is 11.5. The smallest absolute Gasteiger partial charge is 0.295 e. The maximum atomic E-state index is 13.6. The number of nitro groups is 1. The Bertz CT molecular complexity index is 1780. The number of nitrogens with one attached hydrogen (secondary N) is 2. The van der Waals surface area contributed by atoms with Gasteiger partial charge in [-0.2, -0.15) is 10.4 Å². The number of non-ortho nitro benzene ring substituents is 1. The van der Waals surface area contributed by atoms with E-state index >= 15 is 0 Å². The zero-order valence-corrected chi connectivity index (χ0v) is 26.8. The van der Waals surface area contributed by atoms with Crippen LogP contribution in [0.1, 0.15) is 32.3 Å². The lowest BCUT2D eigenvalue weighted by molar-refractivity contribution is -0.862. The van der Waals surface area contributed by atoms with Crippen LogP contribution in [0, 0.1) is 21.4 Å². The van der Waals surface area contributed by atoms with Gasteiger partial charge in [-0.3, -0.25) is 29.3 Å². The lowest BCUT2D eigenvalue weighted by atomic mass is 9.92. The molecule has 0 saturated heterocycles. The van der Waals surface area contributed by atoms with Crippen molar-refractivity contribution in [3.8, 4) is 16.6 Å². The Balaban J connectivity index is 0.00000353. The number of fused-ring (bicyclic) bond motifs is 1. The number of Topliss-reactive ketones (excluding diaryl/α,β-unsaturated/α-hetero) is 2. The minimum absolute atomic E-state index is 0. The van der Waals surface area contributed by atoms with Crippen LogP contribution in [0.5, 0.6) is 0 Å². The molecule has 1 aromatic heterocycles. The number of thiazole rings is 1. The highest BCUT2D eigenvalue weighted by atomic mass is 35.5. The zero-order chi connectivity index (χ0) is 31.5. The fraction of sp³-hybridized carbons (Fsp3) is 0.179. The molecule has 0 radical (unpaired) electrons. The molecule has 1 atom stereocenters. The molecule has 13 nitrogen and oxygen atoms in total. The van der Waals surface area contributed by atoms with E-state index in [-0.39, 0.29) is 58.4 Å². The van der Waals surface area contributed by atoms with Gasteiger partial charge in [0.2, 0.25) is 11.6 Å². The summed E-state index contributed by atoms with van der Waals surface area (Å²) in [6.07, 6.45) is 0. The summed E-state index contributed by atoms with van der Waals surface area (Å²) in [5, 5.41) is 28.7. The number of benzene rings is 2. The molecule has 1 aliphatic rings. The Morgan fingerprint density at radius 1 is 1.09 bits per heavy atom. The standard InChI is InChI=1S/C28H22ClN7O6S.2ClH/c1-36(2,3)13-21(37)33-34-23(27(40)32-24-22(29)25(38)17-6-4-5-7-18(17)26(24)39)19(12-30)20-14-43-28(31-20)15-8-10-16(11-9-15)35(41)42;;/h4-11,14,19H,13H2,1-3H3,(H-,32,33,37,38,40);2*1H/p-1. The SMILES string of the molecule is C[N+](C)(C)CC(=O)N/N=C(\C(=O)NC1=C(Cl)C(=O)c2ccccc2C1=O)C(C#N)c1csc(-c2ccc([N+](=O)[O-])cc2)n1.[Cl-].[Cl-]. The molecule has 1 aliphatic carbocycles. The number of nitriles is 1. The van der Waals surface area contributed by atoms with Gasteiger partial charge in [-0.05, 0) is 12.1 Å². The van der Waals surface area contributed by atoms with Crippen LogP contribution in [0.2, 0.25) is 0 Å². The minimum atomic E-state index is -1.44. The number of nitrogens with zero attached hydrogens (tertiary/aromatic N) is 5. The number of quaternary nitrogens is 1. The number of hydrogen-bond donors (Lipinski definition) is 2. The normalized spacial score (nSPS) is 13.4. The average Bonchev–Trinajstić information content (AvgIpc) is 3.45. The summed E-state index contributed by atoms with van der Waals surface area (Å²) in [5.74, 6) is -4.46. The van der Waals surface area contributed by atoms with Gasteiger partial charge in [0.1, 0.15) is 27.4 Å². The minimum Gasteiger partial charge on any atom is -1.00 e. The molecule has 4 rings (SSSR count). The van der Waals surface area contributed by atoms with Crippen LogP contribution in [0.4, 0.5) is 5.69 Å². The average molecular weight is 692 g/mol. The van der Waals surface area contributed by atoms with Gasteiger partial charge in [0, 0.05) is 34.2 Å². The quantitative estimate of drug-likeness (QED) is 0.104. The van der Waals surface area contributed by atoms with Crippen molar-refractivity contribution in [2.45, 2.75) is 5.92 Å². The monoisotopic (exact) mass is 690 g/mol. The predicted octanol–water partition coefficient (Wildman–Crippen LogP) is -2.84. The molecule has 2 N–H and O–H groups in total. The van der Waals surface area contributed by atoms with Crippen molar-refractivity contribution in [3.63, 3.8) is 0 Å². The number of halogens is 3. The number of hydrogen-bond acceptors (Lipinski definition) is 10. The van der Waals surface area contributed by atoms with Crippen LogP contribution in [0.25, 0.3) is 10.6 Å². The van der Waals surface area contributed by atoms with Crippen LogP contribution < -0.4 is 35.6 Å². The largest absolute Gasteiger partial charge is 1.00 e. The number of carbonyl (C=O) groups is 4. The molecule has 234 valence electrons. The van der Waals surface area contributed by atoms with E-state index in [1.54, 1.807) is 33.3 Å². The van der Waals surface area contributed by atoms with E-state index < -0.39 is 50.7 Å². The number of nitro benzene ring substituents is 1. The zero-order valence-electron chi connectivity index (χ0n) is 23.7. The highest BCUT2D eigenvalue weighted by molar-refractivity contribution is 7.13. The maximum Gasteiger partial charge on any atom is 0.295 e. The summed E-state index contributed by atoms with van der Waals surface area (Å²) in [4.78, 5) is 66.9. The second-order valence-electron chi connectivity index (χ2n) is 10.3. The predicted molar refractivity (Wildman–Crippen MR) is 157 cm³/mol. The molecular weight excluding hydrogens is 669 g/mol. The van der Waals surface area contributed by atoms with Crippen molar-refractivity contribution >= 4 is 57.7 Å². The van der Waals surface area contributed by atoms with Gasteiger partial charge in [-0.15, -0.1) is 11.3 Å². The molecule has 1 unspecified atom stereocenters. The van der Waals surface area contributed by atoms with Gasteiger partial charge in [0.15, 0.2) is 6.54 Å². The Labute approximate surface area is 278 Å². The number of carbonyl (C=O) groups excluding carboxylic acids is 4. The van der Waals surface area contributed by atoms with Gasteiger partial charge in [0.05, 0.1) is 37.8 Å². The van der Waals surface area contributed by atoms with Gasteiger partial charge >= 0.3 is 0 Å². The number of rotatable bonds is 9. The first kappa shape index (κ1) is 36.7. The Hall–Kier alpha value is -4.52. The fourth-order valence-corrected chi connectivity index (χ4v) is 5.10. The molecule has 2 amide bonds. The number of allylic oxidation sites excluding steroid dienone is 2. The summed E-state index contributed by atoms with van der Waals surface area (Å²) >= 11 is 7.32. The molecule has 0 spiro atoms. The Kier molecular flexibility index (Phi) is 12.2. The lowest BCUT2D eigenvalue weighted by Gasteiger charge is -2.22. The van der Waals surface area contributed by atoms with Crippen molar-refractivity contribution in [2.75, 3.05) is 27.7 Å². The first-order chi connectivity index (χ1) is 20.3. The molecule has 2 aromatic carbocycles. The molecule has 0 fully saturated rings. The molecule has 3 aromatic rings. The molecule has 17 heteroatoms. The van der Waals surface area contributed by atoms with Crippen molar-refractivity contribution in [1.29, 1.82) is 5.26 Å². The van der Waals surface area contributed by atoms with E-state index in [1.807, 2.05) is 6.07 Å². The number of hydrazone groups is 1. The van der Waals surface area contributed by atoms with E-state index in [2.05, 4.69) is 20.8 Å².